The maximum atomic E-state index is 6.53. The van der Waals surface area contributed by atoms with Gasteiger partial charge in [0.25, 0.3) is 0 Å². The van der Waals surface area contributed by atoms with E-state index in [-0.39, 0.29) is 0 Å². The molecular weight excluding hydrogens is 194 g/mol. The zero-order chi connectivity index (χ0) is 11.5. The Bertz CT molecular complexity index is 205. The summed E-state index contributed by atoms with van der Waals surface area (Å²) >= 11 is 0. The Kier molecular flexibility index (Phi) is 4.29. The topological polar surface area (TPSA) is 26.0 Å². The minimum atomic E-state index is 0.510. The predicted octanol–water partition coefficient (Wildman–Crippen LogP) is 3.97. The summed E-state index contributed by atoms with van der Waals surface area (Å²) in [6, 6.07) is 0.510. The molecule has 0 spiro atoms. The second-order valence-corrected chi connectivity index (χ2v) is 6.34. The van der Waals surface area contributed by atoms with Crippen LogP contribution in [0.3, 0.4) is 0 Å². The molecule has 0 bridgehead atoms. The van der Waals surface area contributed by atoms with Crippen LogP contribution in [-0.2, 0) is 0 Å². The van der Waals surface area contributed by atoms with E-state index in [0.29, 0.717) is 6.04 Å². The highest BCUT2D eigenvalue weighted by atomic mass is 14.7. The van der Waals surface area contributed by atoms with Crippen LogP contribution in [0, 0.1) is 23.7 Å². The molecule has 1 nitrogen and oxygen atoms in total. The molecule has 2 aliphatic carbocycles. The van der Waals surface area contributed by atoms with Gasteiger partial charge in [-0.15, -0.1) is 0 Å². The number of hydrogen-bond donors (Lipinski definition) is 1. The smallest absolute Gasteiger partial charge is 0.00981 e. The van der Waals surface area contributed by atoms with Crippen molar-refractivity contribution in [3.8, 4) is 0 Å². The van der Waals surface area contributed by atoms with E-state index in [4.69, 9.17) is 5.73 Å². The molecule has 0 radical (unpaired) electrons. The van der Waals surface area contributed by atoms with Crippen LogP contribution in [0.4, 0.5) is 0 Å². The van der Waals surface area contributed by atoms with Crippen LogP contribution in [-0.4, -0.2) is 6.04 Å². The summed E-state index contributed by atoms with van der Waals surface area (Å²) in [5, 5.41) is 0. The van der Waals surface area contributed by atoms with E-state index < -0.39 is 0 Å². The molecule has 0 saturated heterocycles. The van der Waals surface area contributed by atoms with Crippen LogP contribution in [0.25, 0.3) is 0 Å². The molecule has 2 rings (SSSR count). The van der Waals surface area contributed by atoms with Gasteiger partial charge in [0.05, 0.1) is 0 Å². The van der Waals surface area contributed by atoms with Gasteiger partial charge in [0.1, 0.15) is 0 Å². The van der Waals surface area contributed by atoms with Crippen LogP contribution >= 0.6 is 0 Å². The van der Waals surface area contributed by atoms with E-state index in [1.807, 2.05) is 0 Å². The van der Waals surface area contributed by atoms with E-state index in [1.54, 1.807) is 0 Å². The molecule has 2 fully saturated rings. The quantitative estimate of drug-likeness (QED) is 0.770. The van der Waals surface area contributed by atoms with Gasteiger partial charge in [-0.3, -0.25) is 0 Å². The lowest BCUT2D eigenvalue weighted by molar-refractivity contribution is 0.185. The molecule has 0 aromatic rings. The Morgan fingerprint density at radius 3 is 2.25 bits per heavy atom. The predicted molar refractivity (Wildman–Crippen MR) is 70.2 cm³/mol. The molecule has 0 aromatic heterocycles. The van der Waals surface area contributed by atoms with Gasteiger partial charge in [-0.05, 0) is 42.9 Å². The van der Waals surface area contributed by atoms with Crippen LogP contribution in [0.2, 0.25) is 0 Å². The van der Waals surface area contributed by atoms with Crippen molar-refractivity contribution in [2.75, 3.05) is 0 Å². The van der Waals surface area contributed by atoms with Crippen LogP contribution in [0.5, 0.6) is 0 Å². The van der Waals surface area contributed by atoms with E-state index >= 15 is 0 Å². The average Bonchev–Trinajstić information content (AvgIpc) is 2.75. The summed E-state index contributed by atoms with van der Waals surface area (Å²) in [7, 11) is 0. The monoisotopic (exact) mass is 223 g/mol. The first-order chi connectivity index (χ1) is 7.72. The maximum Gasteiger partial charge on any atom is 0.00981 e. The van der Waals surface area contributed by atoms with Crippen LogP contribution < -0.4 is 5.73 Å². The summed E-state index contributed by atoms with van der Waals surface area (Å²) in [5.74, 6) is 3.57. The second kappa shape index (κ2) is 5.53. The zero-order valence-electron chi connectivity index (χ0n) is 11.1. The third-order valence-electron chi connectivity index (χ3n) is 5.44. The lowest BCUT2D eigenvalue weighted by atomic mass is 9.73. The van der Waals surface area contributed by atoms with Crippen molar-refractivity contribution in [1.82, 2.24) is 0 Å². The highest BCUT2D eigenvalue weighted by Gasteiger charge is 2.34. The minimum Gasteiger partial charge on any atom is -0.327 e. The lowest BCUT2D eigenvalue weighted by Gasteiger charge is -2.36. The first-order valence-corrected chi connectivity index (χ1v) is 7.48. The first kappa shape index (κ1) is 12.4. The average molecular weight is 223 g/mol. The molecule has 3 unspecified atom stereocenters. The Hall–Kier alpha value is -0.0400. The molecule has 0 aromatic carbocycles. The van der Waals surface area contributed by atoms with Crippen molar-refractivity contribution in [2.24, 2.45) is 29.4 Å². The summed E-state index contributed by atoms with van der Waals surface area (Å²) in [6.45, 7) is 4.75. The summed E-state index contributed by atoms with van der Waals surface area (Å²) < 4.78 is 0. The Morgan fingerprint density at radius 2 is 1.75 bits per heavy atom. The molecule has 2 aliphatic rings. The van der Waals surface area contributed by atoms with Gasteiger partial charge in [-0.25, -0.2) is 0 Å². The molecule has 2 saturated carbocycles. The van der Waals surface area contributed by atoms with Gasteiger partial charge in [0, 0.05) is 6.04 Å². The molecule has 16 heavy (non-hydrogen) atoms. The van der Waals surface area contributed by atoms with Gasteiger partial charge < -0.3 is 5.73 Å². The van der Waals surface area contributed by atoms with E-state index in [0.717, 1.165) is 23.7 Å². The fourth-order valence-corrected chi connectivity index (χ4v) is 4.08. The maximum absolute atomic E-state index is 6.53. The fraction of sp³-hybridized carbons (Fsp3) is 1.00. The van der Waals surface area contributed by atoms with Crippen LogP contribution in [0.15, 0.2) is 0 Å². The molecule has 94 valence electrons. The minimum absolute atomic E-state index is 0.510. The lowest BCUT2D eigenvalue weighted by Crippen LogP contribution is -2.40. The molecule has 0 heterocycles. The van der Waals surface area contributed by atoms with Crippen molar-refractivity contribution in [2.45, 2.75) is 71.3 Å². The SMILES string of the molecule is CCC1CCC(C(N)C2CCCC2C)CC1. The van der Waals surface area contributed by atoms with Gasteiger partial charge in [-0.2, -0.15) is 0 Å². The van der Waals surface area contributed by atoms with Gasteiger partial charge in [-0.1, -0.05) is 46.0 Å². The van der Waals surface area contributed by atoms with Gasteiger partial charge in [0.2, 0.25) is 0 Å². The highest BCUT2D eigenvalue weighted by molar-refractivity contribution is 4.89. The van der Waals surface area contributed by atoms with E-state index in [1.165, 1.54) is 51.4 Å². The largest absolute Gasteiger partial charge is 0.327 e. The van der Waals surface area contributed by atoms with Crippen molar-refractivity contribution in [3.63, 3.8) is 0 Å². The van der Waals surface area contributed by atoms with Crippen LogP contribution in [0.1, 0.15) is 65.2 Å². The van der Waals surface area contributed by atoms with Gasteiger partial charge >= 0.3 is 0 Å². The summed E-state index contributed by atoms with van der Waals surface area (Å²) in [5.41, 5.74) is 6.53. The van der Waals surface area contributed by atoms with Crippen molar-refractivity contribution >= 4 is 0 Å². The van der Waals surface area contributed by atoms with Gasteiger partial charge in [0.15, 0.2) is 0 Å². The first-order valence-electron chi connectivity index (χ1n) is 7.48. The normalized spacial score (nSPS) is 42.2. The molecule has 2 N–H and O–H groups in total. The molecule has 0 aliphatic heterocycles. The fourth-order valence-electron chi connectivity index (χ4n) is 4.08. The number of rotatable bonds is 3. The van der Waals surface area contributed by atoms with Crippen molar-refractivity contribution in [3.05, 3.63) is 0 Å². The molecule has 0 amide bonds. The number of nitrogens with two attached hydrogens (primary N) is 1. The second-order valence-electron chi connectivity index (χ2n) is 6.34. The molecule has 3 atom stereocenters. The standard InChI is InChI=1S/C15H29N/c1-3-12-7-9-13(10-8-12)15(16)14-6-4-5-11(14)2/h11-15H,3-10,16H2,1-2H3. The van der Waals surface area contributed by atoms with E-state index in [2.05, 4.69) is 13.8 Å². The molecular formula is C15H29N. The number of hydrogen-bond acceptors (Lipinski definition) is 1. The van der Waals surface area contributed by atoms with Crippen molar-refractivity contribution in [1.29, 1.82) is 0 Å². The zero-order valence-corrected chi connectivity index (χ0v) is 11.1. The Morgan fingerprint density at radius 1 is 1.06 bits per heavy atom. The molecule has 1 heteroatoms. The third kappa shape index (κ3) is 2.61. The van der Waals surface area contributed by atoms with E-state index in [9.17, 15) is 0 Å². The Labute approximate surface area is 101 Å². The van der Waals surface area contributed by atoms with Crippen molar-refractivity contribution < 1.29 is 0 Å². The summed E-state index contributed by atoms with van der Waals surface area (Å²) in [4.78, 5) is 0. The third-order valence-corrected chi connectivity index (χ3v) is 5.44. The highest BCUT2D eigenvalue weighted by Crippen LogP contribution is 2.40. The Balaban J connectivity index is 1.83. The summed E-state index contributed by atoms with van der Waals surface area (Å²) in [6.07, 6.45) is 11.3.